The molecule has 0 atom stereocenters. The van der Waals surface area contributed by atoms with Gasteiger partial charge in [-0.3, -0.25) is 4.79 Å². The van der Waals surface area contributed by atoms with Gasteiger partial charge in [0.05, 0.1) is 10.4 Å². The largest absolute Gasteiger partial charge is 0.402 e. The van der Waals surface area contributed by atoms with Crippen LogP contribution in [0.15, 0.2) is 40.1 Å². The van der Waals surface area contributed by atoms with Crippen molar-refractivity contribution in [2.45, 2.75) is 18.9 Å². The zero-order valence-corrected chi connectivity index (χ0v) is 16.3. The summed E-state index contributed by atoms with van der Waals surface area (Å²) >= 11 is 1.33. The molecule has 0 bridgehead atoms. The van der Waals surface area contributed by atoms with Crippen molar-refractivity contribution < 1.29 is 9.21 Å². The molecule has 4 N–H and O–H groups in total. The van der Waals surface area contributed by atoms with Gasteiger partial charge >= 0.3 is 6.01 Å². The number of nitrogens with zero attached hydrogens (tertiary/aromatic N) is 3. The number of rotatable bonds is 6. The van der Waals surface area contributed by atoms with Gasteiger partial charge in [-0.15, -0.1) is 16.4 Å². The first kappa shape index (κ1) is 18.5. The van der Waals surface area contributed by atoms with Gasteiger partial charge in [0.2, 0.25) is 5.91 Å². The minimum atomic E-state index is -0.478. The van der Waals surface area contributed by atoms with Crippen LogP contribution in [0.25, 0.3) is 10.8 Å². The van der Waals surface area contributed by atoms with Gasteiger partial charge in [-0.2, -0.15) is 0 Å². The fourth-order valence-corrected chi connectivity index (χ4v) is 3.97. The van der Waals surface area contributed by atoms with Crippen molar-refractivity contribution in [1.82, 2.24) is 15.1 Å². The highest BCUT2D eigenvalue weighted by Gasteiger charge is 2.17. The molecule has 1 aliphatic heterocycles. The Morgan fingerprint density at radius 3 is 2.79 bits per heavy atom. The number of thiophene rings is 1. The number of carbonyl (C=O) groups excluding carboxylic acids is 1. The van der Waals surface area contributed by atoms with E-state index in [0.29, 0.717) is 28.4 Å². The fourth-order valence-electron chi connectivity index (χ4n) is 3.15. The Labute approximate surface area is 166 Å². The number of aromatic nitrogens is 2. The molecule has 0 aliphatic carbocycles. The molecule has 3 heterocycles. The number of nitrogens with two attached hydrogens (primary N) is 1. The standard InChI is InChI=1S/C19H22N6O2S/c1-25-7-5-13(6-8-25)21-14-3-2-4-15(10-14)22-19-24-23-18(27-19)16-9-12(11-28-16)17(20)26/h2-4,9-11,13,21H,5-8H2,1H3,(H2,20,26)(H,22,24). The van der Waals surface area contributed by atoms with Crippen LogP contribution >= 0.6 is 11.3 Å². The van der Waals surface area contributed by atoms with Crippen molar-refractivity contribution in [2.75, 3.05) is 30.8 Å². The topological polar surface area (TPSA) is 109 Å². The van der Waals surface area contributed by atoms with Crippen molar-refractivity contribution in [3.63, 3.8) is 0 Å². The lowest BCUT2D eigenvalue weighted by atomic mass is 10.1. The molecule has 1 saturated heterocycles. The van der Waals surface area contributed by atoms with E-state index >= 15 is 0 Å². The van der Waals surface area contributed by atoms with Gasteiger partial charge in [-0.25, -0.2) is 0 Å². The number of nitrogens with one attached hydrogen (secondary N) is 2. The molecular formula is C19H22N6O2S. The molecule has 4 rings (SSSR count). The first-order chi connectivity index (χ1) is 13.6. The molecule has 3 aromatic rings. The molecule has 0 unspecified atom stereocenters. The van der Waals surface area contributed by atoms with Gasteiger partial charge in [0.1, 0.15) is 0 Å². The van der Waals surface area contributed by atoms with E-state index in [0.717, 1.165) is 37.3 Å². The summed E-state index contributed by atoms with van der Waals surface area (Å²) in [7, 11) is 2.16. The fraction of sp³-hybridized carbons (Fsp3) is 0.316. The molecular weight excluding hydrogens is 376 g/mol. The van der Waals surface area contributed by atoms with Crippen LogP contribution in [-0.4, -0.2) is 47.2 Å². The molecule has 2 aromatic heterocycles. The van der Waals surface area contributed by atoms with E-state index in [4.69, 9.17) is 10.2 Å². The maximum Gasteiger partial charge on any atom is 0.320 e. The van der Waals surface area contributed by atoms with Crippen LogP contribution in [0.4, 0.5) is 17.4 Å². The molecule has 1 fully saturated rings. The Morgan fingerprint density at radius 1 is 1.25 bits per heavy atom. The molecule has 1 aliphatic rings. The van der Waals surface area contributed by atoms with E-state index in [1.54, 1.807) is 11.4 Å². The van der Waals surface area contributed by atoms with Gasteiger partial charge < -0.3 is 25.7 Å². The number of piperidine rings is 1. The van der Waals surface area contributed by atoms with Crippen LogP contribution < -0.4 is 16.4 Å². The maximum atomic E-state index is 11.2. The van der Waals surface area contributed by atoms with Crippen LogP contribution in [0.3, 0.4) is 0 Å². The van der Waals surface area contributed by atoms with Crippen molar-refractivity contribution in [3.8, 4) is 10.8 Å². The highest BCUT2D eigenvalue weighted by molar-refractivity contribution is 7.13. The third kappa shape index (κ3) is 4.32. The van der Waals surface area contributed by atoms with E-state index in [2.05, 4.69) is 38.8 Å². The van der Waals surface area contributed by atoms with E-state index in [9.17, 15) is 4.79 Å². The summed E-state index contributed by atoms with van der Waals surface area (Å²) in [6.07, 6.45) is 2.27. The molecule has 0 spiro atoms. The number of primary amides is 1. The Bertz CT molecular complexity index is 961. The molecule has 146 valence electrons. The maximum absolute atomic E-state index is 11.2. The van der Waals surface area contributed by atoms with Crippen LogP contribution in [0.2, 0.25) is 0 Å². The average Bonchev–Trinajstić information content (AvgIpc) is 3.33. The number of hydrogen-bond acceptors (Lipinski definition) is 8. The number of carbonyl (C=O) groups is 1. The minimum absolute atomic E-state index is 0.292. The number of likely N-dealkylation sites (tertiary alicyclic amines) is 1. The lowest BCUT2D eigenvalue weighted by Gasteiger charge is -2.30. The van der Waals surface area contributed by atoms with Crippen LogP contribution in [0, 0.1) is 0 Å². The SMILES string of the molecule is CN1CCC(Nc2cccc(Nc3nnc(-c4cc(C(N)=O)cs4)o3)c2)CC1. The molecule has 1 aromatic carbocycles. The molecule has 8 nitrogen and oxygen atoms in total. The number of hydrogen-bond donors (Lipinski definition) is 3. The van der Waals surface area contributed by atoms with Crippen LogP contribution in [0.5, 0.6) is 0 Å². The quantitative estimate of drug-likeness (QED) is 0.585. The Hall–Kier alpha value is -2.91. The summed E-state index contributed by atoms with van der Waals surface area (Å²) in [6, 6.07) is 10.4. The summed E-state index contributed by atoms with van der Waals surface area (Å²) in [4.78, 5) is 14.3. The van der Waals surface area contributed by atoms with Gasteiger partial charge in [0, 0.05) is 22.8 Å². The van der Waals surface area contributed by atoms with Gasteiger partial charge in [-0.1, -0.05) is 11.2 Å². The van der Waals surface area contributed by atoms with Gasteiger partial charge in [0.15, 0.2) is 0 Å². The van der Waals surface area contributed by atoms with E-state index in [1.165, 1.54) is 11.3 Å². The third-order valence-electron chi connectivity index (χ3n) is 4.72. The second kappa shape index (κ2) is 7.99. The lowest BCUT2D eigenvalue weighted by Crippen LogP contribution is -2.36. The van der Waals surface area contributed by atoms with E-state index in [1.807, 2.05) is 18.2 Å². The molecule has 0 saturated carbocycles. The van der Waals surface area contributed by atoms with Crippen molar-refractivity contribution in [3.05, 3.63) is 41.3 Å². The molecule has 28 heavy (non-hydrogen) atoms. The van der Waals surface area contributed by atoms with E-state index < -0.39 is 5.91 Å². The van der Waals surface area contributed by atoms with Crippen molar-refractivity contribution in [2.24, 2.45) is 5.73 Å². The van der Waals surface area contributed by atoms with Crippen molar-refractivity contribution >= 4 is 34.6 Å². The predicted molar refractivity (Wildman–Crippen MR) is 110 cm³/mol. The Balaban J connectivity index is 1.42. The summed E-state index contributed by atoms with van der Waals surface area (Å²) < 4.78 is 5.67. The van der Waals surface area contributed by atoms with Gasteiger partial charge in [-0.05, 0) is 57.2 Å². The summed E-state index contributed by atoms with van der Waals surface area (Å²) in [6.45, 7) is 2.22. The third-order valence-corrected chi connectivity index (χ3v) is 5.64. The second-order valence-corrected chi connectivity index (χ2v) is 7.82. The number of anilines is 3. The lowest BCUT2D eigenvalue weighted by molar-refractivity contribution is 0.100. The minimum Gasteiger partial charge on any atom is -0.402 e. The zero-order chi connectivity index (χ0) is 19.5. The first-order valence-corrected chi connectivity index (χ1v) is 9.99. The number of amides is 1. The van der Waals surface area contributed by atoms with Crippen LogP contribution in [-0.2, 0) is 0 Å². The average molecular weight is 398 g/mol. The van der Waals surface area contributed by atoms with Crippen molar-refractivity contribution in [1.29, 1.82) is 0 Å². The number of benzene rings is 1. The highest BCUT2D eigenvalue weighted by atomic mass is 32.1. The molecule has 9 heteroatoms. The first-order valence-electron chi connectivity index (χ1n) is 9.11. The summed E-state index contributed by atoms with van der Waals surface area (Å²) in [5.41, 5.74) is 7.63. The normalized spacial score (nSPS) is 15.5. The zero-order valence-electron chi connectivity index (χ0n) is 15.5. The Kier molecular flexibility index (Phi) is 5.27. The van der Waals surface area contributed by atoms with E-state index in [-0.39, 0.29) is 0 Å². The van der Waals surface area contributed by atoms with Gasteiger partial charge in [0.25, 0.3) is 5.89 Å². The smallest absolute Gasteiger partial charge is 0.320 e. The summed E-state index contributed by atoms with van der Waals surface area (Å²) in [5.74, 6) is -0.130. The molecule has 0 radical (unpaired) electrons. The highest BCUT2D eigenvalue weighted by Crippen LogP contribution is 2.28. The second-order valence-electron chi connectivity index (χ2n) is 6.90. The Morgan fingerprint density at radius 2 is 2.04 bits per heavy atom. The van der Waals surface area contributed by atoms with Crippen LogP contribution in [0.1, 0.15) is 23.2 Å². The monoisotopic (exact) mass is 398 g/mol. The molecule has 1 amide bonds. The predicted octanol–water partition coefficient (Wildman–Crippen LogP) is 3.15. The summed E-state index contributed by atoms with van der Waals surface area (Å²) in [5, 5.41) is 16.5.